The van der Waals surface area contributed by atoms with Crippen LogP contribution in [0.25, 0.3) is 0 Å². The van der Waals surface area contributed by atoms with E-state index in [4.69, 9.17) is 0 Å². The van der Waals surface area contributed by atoms with Crippen molar-refractivity contribution in [2.45, 2.75) is 19.8 Å². The van der Waals surface area contributed by atoms with Gasteiger partial charge in [-0.05, 0) is 18.8 Å². The summed E-state index contributed by atoms with van der Waals surface area (Å²) in [7, 11) is 1.06. The van der Waals surface area contributed by atoms with Gasteiger partial charge in [-0.1, -0.05) is 17.7 Å². The largest absolute Gasteiger partial charge is 0.248 e. The molecule has 0 N–H and O–H groups in total. The van der Waals surface area contributed by atoms with Crippen molar-refractivity contribution in [3.63, 3.8) is 0 Å². The summed E-state index contributed by atoms with van der Waals surface area (Å²) in [6, 6.07) is 0. The van der Waals surface area contributed by atoms with Crippen molar-refractivity contribution in [3.8, 4) is 0 Å². The van der Waals surface area contributed by atoms with Crippen LogP contribution < -0.4 is 0 Å². The molecule has 1 rings (SSSR count). The Hall–Kier alpha value is 0.500. The van der Waals surface area contributed by atoms with Crippen molar-refractivity contribution < 1.29 is 4.21 Å². The van der Waals surface area contributed by atoms with Crippen molar-refractivity contribution in [2.24, 2.45) is 5.92 Å². The van der Waals surface area contributed by atoms with Crippen LogP contribution in [0.1, 0.15) is 19.8 Å². The Morgan fingerprint density at radius 2 is 2.44 bits per heavy atom. The predicted octanol–water partition coefficient (Wildman–Crippen LogP) is 1.81. The molecule has 9 heavy (non-hydrogen) atoms. The third-order valence-corrected chi connectivity index (χ3v) is 4.78. The lowest BCUT2D eigenvalue weighted by atomic mass is 10.1. The highest BCUT2D eigenvalue weighted by Crippen LogP contribution is 2.22. The van der Waals surface area contributed by atoms with E-state index in [-0.39, 0.29) is 0 Å². The molecule has 2 unspecified atom stereocenters. The fraction of sp³-hybridized carbons (Fsp3) is 1.00. The van der Waals surface area contributed by atoms with Crippen molar-refractivity contribution in [1.82, 2.24) is 0 Å². The Labute approximate surface area is 62.5 Å². The number of hydrogen-bond donors (Lipinski definition) is 0. The molecule has 2 atom stereocenters. The van der Waals surface area contributed by atoms with E-state index < -0.39 is 9.83 Å². The maximum Gasteiger partial charge on any atom is 0.0803 e. The zero-order chi connectivity index (χ0) is 6.69. The van der Waals surface area contributed by atoms with Gasteiger partial charge in [0.05, 0.1) is 9.83 Å². The molecule has 3 heteroatoms. The van der Waals surface area contributed by atoms with Gasteiger partial charge in [0.15, 0.2) is 0 Å². The van der Waals surface area contributed by atoms with Gasteiger partial charge in [-0.2, -0.15) is 0 Å². The first kappa shape index (κ1) is 7.61. The van der Waals surface area contributed by atoms with Gasteiger partial charge < -0.3 is 0 Å². The Morgan fingerprint density at radius 3 is 3.22 bits per heavy atom. The summed E-state index contributed by atoms with van der Waals surface area (Å²) in [5.41, 5.74) is 0. The van der Waals surface area contributed by atoms with E-state index in [2.05, 4.69) is 6.92 Å². The standard InChI is InChI=1S/C6H12OS2/c1-6-3-2-4-9(7)8-5-6/h6H,2-5H2,1H3. The minimum Gasteiger partial charge on any atom is -0.248 e. The third-order valence-electron chi connectivity index (χ3n) is 1.49. The van der Waals surface area contributed by atoms with Crippen LogP contribution in [0.2, 0.25) is 0 Å². The average Bonchev–Trinajstić information content (AvgIpc) is 1.97. The fourth-order valence-electron chi connectivity index (χ4n) is 0.884. The molecule has 0 aliphatic carbocycles. The quantitative estimate of drug-likeness (QED) is 0.508. The van der Waals surface area contributed by atoms with E-state index in [1.807, 2.05) is 0 Å². The molecule has 0 aromatic heterocycles. The Bertz CT molecular complexity index is 114. The average molecular weight is 164 g/mol. The summed E-state index contributed by atoms with van der Waals surface area (Å²) in [5.74, 6) is 2.78. The van der Waals surface area contributed by atoms with Gasteiger partial charge in [-0.25, -0.2) is 4.21 Å². The summed E-state index contributed by atoms with van der Waals surface area (Å²) < 4.78 is 10.9. The van der Waals surface area contributed by atoms with Crippen molar-refractivity contribution in [1.29, 1.82) is 0 Å². The van der Waals surface area contributed by atoms with E-state index in [0.717, 1.165) is 23.8 Å². The lowest BCUT2D eigenvalue weighted by molar-refractivity contribution is 0.590. The van der Waals surface area contributed by atoms with Crippen LogP contribution >= 0.6 is 10.8 Å². The highest BCUT2D eigenvalue weighted by molar-refractivity contribution is 8.69. The summed E-state index contributed by atoms with van der Waals surface area (Å²) >= 11 is 0. The maximum atomic E-state index is 10.9. The molecule has 0 saturated carbocycles. The first-order valence-corrected chi connectivity index (χ1v) is 6.13. The van der Waals surface area contributed by atoms with Crippen LogP contribution in [0, 0.1) is 5.92 Å². The number of rotatable bonds is 0. The zero-order valence-electron chi connectivity index (χ0n) is 5.63. The first-order chi connectivity index (χ1) is 4.29. The molecule has 1 aliphatic rings. The smallest absolute Gasteiger partial charge is 0.0803 e. The molecular formula is C6H12OS2. The molecule has 1 aliphatic heterocycles. The van der Waals surface area contributed by atoms with E-state index in [1.165, 1.54) is 6.42 Å². The lowest BCUT2D eigenvalue weighted by Crippen LogP contribution is -1.93. The summed E-state index contributed by atoms with van der Waals surface area (Å²) in [6.07, 6.45) is 2.42. The molecule has 0 bridgehead atoms. The Kier molecular flexibility index (Phi) is 3.06. The van der Waals surface area contributed by atoms with Gasteiger partial charge >= 0.3 is 0 Å². The molecule has 1 fully saturated rings. The molecule has 1 saturated heterocycles. The monoisotopic (exact) mass is 164 g/mol. The van der Waals surface area contributed by atoms with Gasteiger partial charge in [0.1, 0.15) is 0 Å². The van der Waals surface area contributed by atoms with Crippen molar-refractivity contribution >= 4 is 20.6 Å². The summed E-state index contributed by atoms with van der Waals surface area (Å²) in [4.78, 5) is 0. The second kappa shape index (κ2) is 3.62. The van der Waals surface area contributed by atoms with E-state index in [1.54, 1.807) is 10.8 Å². The summed E-state index contributed by atoms with van der Waals surface area (Å²) in [5, 5.41) is 0. The van der Waals surface area contributed by atoms with Crippen LogP contribution in [-0.4, -0.2) is 15.7 Å². The minimum atomic E-state index is -0.562. The normalized spacial score (nSPS) is 37.9. The Balaban J connectivity index is 2.34. The minimum absolute atomic E-state index is 0.562. The Morgan fingerprint density at radius 1 is 1.67 bits per heavy atom. The second-order valence-electron chi connectivity index (χ2n) is 2.54. The molecule has 0 spiro atoms. The second-order valence-corrected chi connectivity index (χ2v) is 5.95. The van der Waals surface area contributed by atoms with E-state index >= 15 is 0 Å². The van der Waals surface area contributed by atoms with E-state index in [0.29, 0.717) is 0 Å². The molecule has 54 valence electrons. The molecular weight excluding hydrogens is 152 g/mol. The highest BCUT2D eigenvalue weighted by atomic mass is 33.1. The lowest BCUT2D eigenvalue weighted by Gasteiger charge is -2.01. The maximum absolute atomic E-state index is 10.9. The van der Waals surface area contributed by atoms with Gasteiger partial charge in [-0.3, -0.25) is 0 Å². The molecule has 1 nitrogen and oxygen atoms in total. The zero-order valence-corrected chi connectivity index (χ0v) is 7.26. The van der Waals surface area contributed by atoms with Crippen LogP contribution in [0.15, 0.2) is 0 Å². The third kappa shape index (κ3) is 2.72. The molecule has 0 aromatic carbocycles. The highest BCUT2D eigenvalue weighted by Gasteiger charge is 2.11. The topological polar surface area (TPSA) is 17.1 Å². The predicted molar refractivity (Wildman–Crippen MR) is 43.9 cm³/mol. The first-order valence-electron chi connectivity index (χ1n) is 3.30. The van der Waals surface area contributed by atoms with Crippen LogP contribution in [0.3, 0.4) is 0 Å². The van der Waals surface area contributed by atoms with Crippen LogP contribution in [0.4, 0.5) is 0 Å². The molecule has 0 aromatic rings. The van der Waals surface area contributed by atoms with Gasteiger partial charge in [0.25, 0.3) is 0 Å². The van der Waals surface area contributed by atoms with Gasteiger partial charge in [0.2, 0.25) is 0 Å². The van der Waals surface area contributed by atoms with Crippen molar-refractivity contribution in [2.75, 3.05) is 11.5 Å². The molecule has 1 heterocycles. The van der Waals surface area contributed by atoms with Crippen LogP contribution in [-0.2, 0) is 9.83 Å². The van der Waals surface area contributed by atoms with Gasteiger partial charge in [-0.15, -0.1) is 0 Å². The SMILES string of the molecule is CC1CCCS(=O)SC1. The van der Waals surface area contributed by atoms with E-state index in [9.17, 15) is 4.21 Å². The fourth-order valence-corrected chi connectivity index (χ4v) is 3.81. The van der Waals surface area contributed by atoms with Crippen molar-refractivity contribution in [3.05, 3.63) is 0 Å². The van der Waals surface area contributed by atoms with Gasteiger partial charge in [0, 0.05) is 11.5 Å². The molecule has 0 amide bonds. The number of hydrogen-bond acceptors (Lipinski definition) is 2. The summed E-state index contributed by atoms with van der Waals surface area (Å²) in [6.45, 7) is 2.23. The molecule has 0 radical (unpaired) electrons. The van der Waals surface area contributed by atoms with Crippen LogP contribution in [0.5, 0.6) is 0 Å².